The van der Waals surface area contributed by atoms with Crippen LogP contribution in [0.4, 0.5) is 5.69 Å². The smallest absolute Gasteiger partial charge is 0.224 e. The van der Waals surface area contributed by atoms with Crippen LogP contribution in [0.2, 0.25) is 0 Å². The predicted octanol–water partition coefficient (Wildman–Crippen LogP) is 5.53. The quantitative estimate of drug-likeness (QED) is 0.673. The Labute approximate surface area is 151 Å². The van der Waals surface area contributed by atoms with Crippen molar-refractivity contribution >= 4 is 11.6 Å². The number of hydrogen-bond acceptors (Lipinski definition) is 2. The van der Waals surface area contributed by atoms with E-state index in [4.69, 9.17) is 4.74 Å². The minimum Gasteiger partial charge on any atom is -0.494 e. The summed E-state index contributed by atoms with van der Waals surface area (Å²) in [5.74, 6) is 1.42. The highest BCUT2D eigenvalue weighted by Crippen LogP contribution is 2.23. The zero-order chi connectivity index (χ0) is 18.4. The monoisotopic (exact) mass is 339 g/mol. The Morgan fingerprint density at radius 2 is 1.80 bits per heavy atom. The summed E-state index contributed by atoms with van der Waals surface area (Å²) in [6.45, 7) is 11.1. The third-order valence-electron chi connectivity index (χ3n) is 4.35. The highest BCUT2D eigenvalue weighted by Gasteiger charge is 2.07. The van der Waals surface area contributed by atoms with Gasteiger partial charge in [-0.1, -0.05) is 32.0 Å². The molecule has 0 aliphatic heterocycles. The molecule has 2 aromatic rings. The van der Waals surface area contributed by atoms with Crippen LogP contribution in [-0.4, -0.2) is 12.5 Å². The zero-order valence-electron chi connectivity index (χ0n) is 16.0. The Morgan fingerprint density at radius 1 is 1.04 bits per heavy atom. The number of anilines is 1. The lowest BCUT2D eigenvalue weighted by Crippen LogP contribution is -2.13. The fourth-order valence-electron chi connectivity index (χ4n) is 2.89. The van der Waals surface area contributed by atoms with Gasteiger partial charge in [0.1, 0.15) is 5.75 Å². The van der Waals surface area contributed by atoms with Crippen LogP contribution in [0.5, 0.6) is 5.75 Å². The molecule has 2 rings (SSSR count). The molecule has 0 heterocycles. The van der Waals surface area contributed by atoms with Gasteiger partial charge < -0.3 is 10.1 Å². The minimum atomic E-state index is 0.0311. The Balaban J connectivity index is 1.78. The number of carbonyl (C=O) groups excluding carboxylic acids is 1. The summed E-state index contributed by atoms with van der Waals surface area (Å²) in [6.07, 6.45) is 1.15. The summed E-state index contributed by atoms with van der Waals surface area (Å²) >= 11 is 0. The molecule has 3 heteroatoms. The van der Waals surface area contributed by atoms with Crippen LogP contribution in [0.3, 0.4) is 0 Å². The first-order chi connectivity index (χ1) is 11.9. The Bertz CT molecular complexity index is 735. The van der Waals surface area contributed by atoms with E-state index in [1.165, 1.54) is 11.1 Å². The molecule has 0 saturated carbocycles. The van der Waals surface area contributed by atoms with Crippen molar-refractivity contribution in [2.45, 2.75) is 53.4 Å². The maximum atomic E-state index is 12.1. The molecule has 1 amide bonds. The van der Waals surface area contributed by atoms with Crippen molar-refractivity contribution in [2.75, 3.05) is 11.9 Å². The molecule has 25 heavy (non-hydrogen) atoms. The van der Waals surface area contributed by atoms with E-state index in [0.717, 1.165) is 22.6 Å². The lowest BCUT2D eigenvalue weighted by Gasteiger charge is -2.13. The number of carbonyl (C=O) groups is 1. The first-order valence-corrected chi connectivity index (χ1v) is 8.97. The summed E-state index contributed by atoms with van der Waals surface area (Å²) in [4.78, 5) is 12.1. The van der Waals surface area contributed by atoms with Gasteiger partial charge in [0, 0.05) is 12.1 Å². The van der Waals surface area contributed by atoms with Crippen LogP contribution < -0.4 is 10.1 Å². The van der Waals surface area contributed by atoms with Crippen LogP contribution in [0.25, 0.3) is 0 Å². The third kappa shape index (κ3) is 5.63. The van der Waals surface area contributed by atoms with Crippen LogP contribution in [0.15, 0.2) is 36.4 Å². The van der Waals surface area contributed by atoms with Crippen molar-refractivity contribution in [2.24, 2.45) is 0 Å². The van der Waals surface area contributed by atoms with Gasteiger partial charge in [0.05, 0.1) is 6.61 Å². The van der Waals surface area contributed by atoms with E-state index in [-0.39, 0.29) is 5.91 Å². The van der Waals surface area contributed by atoms with E-state index >= 15 is 0 Å². The largest absolute Gasteiger partial charge is 0.494 e. The molecule has 0 bridgehead atoms. The molecule has 0 aliphatic rings. The number of hydrogen-bond donors (Lipinski definition) is 1. The van der Waals surface area contributed by atoms with Crippen molar-refractivity contribution in [1.29, 1.82) is 0 Å². The first kappa shape index (κ1) is 19.0. The summed E-state index contributed by atoms with van der Waals surface area (Å²) in [5, 5.41) is 2.98. The highest BCUT2D eigenvalue weighted by molar-refractivity contribution is 5.91. The first-order valence-electron chi connectivity index (χ1n) is 8.97. The van der Waals surface area contributed by atoms with E-state index in [0.29, 0.717) is 25.4 Å². The average Bonchev–Trinajstić information content (AvgIpc) is 2.55. The topological polar surface area (TPSA) is 38.3 Å². The number of rotatable bonds is 7. The van der Waals surface area contributed by atoms with E-state index in [1.807, 2.05) is 38.1 Å². The van der Waals surface area contributed by atoms with E-state index in [1.54, 1.807) is 0 Å². The summed E-state index contributed by atoms with van der Waals surface area (Å²) in [5.41, 5.74) is 5.71. The van der Waals surface area contributed by atoms with Crippen LogP contribution in [0, 0.1) is 20.8 Å². The second kappa shape index (κ2) is 8.70. The van der Waals surface area contributed by atoms with Crippen LogP contribution in [0.1, 0.15) is 54.9 Å². The summed E-state index contributed by atoms with van der Waals surface area (Å²) in [6, 6.07) is 12.3. The van der Waals surface area contributed by atoms with Gasteiger partial charge in [0.2, 0.25) is 5.91 Å². The normalized spacial score (nSPS) is 10.8. The molecule has 3 nitrogen and oxygen atoms in total. The number of benzene rings is 2. The van der Waals surface area contributed by atoms with E-state index in [9.17, 15) is 4.79 Å². The summed E-state index contributed by atoms with van der Waals surface area (Å²) in [7, 11) is 0. The lowest BCUT2D eigenvalue weighted by molar-refractivity contribution is -0.116. The van der Waals surface area contributed by atoms with E-state index < -0.39 is 0 Å². The van der Waals surface area contributed by atoms with Gasteiger partial charge >= 0.3 is 0 Å². The van der Waals surface area contributed by atoms with Gasteiger partial charge in [-0.05, 0) is 73.6 Å². The maximum absolute atomic E-state index is 12.1. The molecule has 0 aliphatic carbocycles. The SMILES string of the molecule is Cc1ccc(C)c(NC(=O)CCCOc2ccc(C(C)C)c(C)c2)c1. The maximum Gasteiger partial charge on any atom is 0.224 e. The second-order valence-corrected chi connectivity index (χ2v) is 6.99. The Hall–Kier alpha value is -2.29. The van der Waals surface area contributed by atoms with Crippen molar-refractivity contribution in [3.05, 3.63) is 58.7 Å². The Kier molecular flexibility index (Phi) is 6.63. The predicted molar refractivity (Wildman–Crippen MR) is 105 cm³/mol. The molecule has 0 atom stereocenters. The average molecular weight is 339 g/mol. The fraction of sp³-hybridized carbons (Fsp3) is 0.409. The molecule has 0 radical (unpaired) electrons. The molecule has 0 unspecified atom stereocenters. The second-order valence-electron chi connectivity index (χ2n) is 6.99. The van der Waals surface area contributed by atoms with Gasteiger partial charge in [0.25, 0.3) is 0 Å². The number of ether oxygens (including phenoxy) is 1. The molecular weight excluding hydrogens is 310 g/mol. The zero-order valence-corrected chi connectivity index (χ0v) is 16.0. The molecule has 0 fully saturated rings. The van der Waals surface area contributed by atoms with Crippen molar-refractivity contribution in [3.63, 3.8) is 0 Å². The lowest BCUT2D eigenvalue weighted by atomic mass is 9.98. The number of aryl methyl sites for hydroxylation is 3. The molecule has 134 valence electrons. The molecule has 1 N–H and O–H groups in total. The van der Waals surface area contributed by atoms with Crippen LogP contribution in [-0.2, 0) is 4.79 Å². The fourth-order valence-corrected chi connectivity index (χ4v) is 2.89. The van der Waals surface area contributed by atoms with Crippen molar-refractivity contribution in [1.82, 2.24) is 0 Å². The molecule has 0 saturated heterocycles. The molecular formula is C22H29NO2. The number of amides is 1. The molecule has 0 spiro atoms. The van der Waals surface area contributed by atoms with Gasteiger partial charge in [-0.25, -0.2) is 0 Å². The molecule has 0 aromatic heterocycles. The van der Waals surface area contributed by atoms with Gasteiger partial charge in [0.15, 0.2) is 0 Å². The Morgan fingerprint density at radius 3 is 2.48 bits per heavy atom. The third-order valence-corrected chi connectivity index (χ3v) is 4.35. The van der Waals surface area contributed by atoms with Crippen molar-refractivity contribution in [3.8, 4) is 5.75 Å². The van der Waals surface area contributed by atoms with E-state index in [2.05, 4.69) is 38.2 Å². The van der Waals surface area contributed by atoms with Crippen molar-refractivity contribution < 1.29 is 9.53 Å². The summed E-state index contributed by atoms with van der Waals surface area (Å²) < 4.78 is 5.79. The standard InChI is InChI=1S/C22H29NO2/c1-15(2)20-11-10-19(14-18(20)5)25-12-6-7-22(24)23-21-13-16(3)8-9-17(21)4/h8-11,13-15H,6-7,12H2,1-5H3,(H,23,24). The highest BCUT2D eigenvalue weighted by atomic mass is 16.5. The number of nitrogens with one attached hydrogen (secondary N) is 1. The van der Waals surface area contributed by atoms with Gasteiger partial charge in [-0.2, -0.15) is 0 Å². The van der Waals surface area contributed by atoms with Gasteiger partial charge in [-0.3, -0.25) is 4.79 Å². The molecule has 2 aromatic carbocycles. The minimum absolute atomic E-state index is 0.0311. The van der Waals surface area contributed by atoms with Crippen LogP contribution >= 0.6 is 0 Å². The van der Waals surface area contributed by atoms with Gasteiger partial charge in [-0.15, -0.1) is 0 Å².